The maximum absolute atomic E-state index is 12.2. The van der Waals surface area contributed by atoms with Gasteiger partial charge in [0.05, 0.1) is 19.6 Å². The molecule has 2 rings (SSSR count). The monoisotopic (exact) mass is 290 g/mol. The lowest BCUT2D eigenvalue weighted by Crippen LogP contribution is -2.45. The fourth-order valence-electron chi connectivity index (χ4n) is 2.75. The number of ether oxygens (including phenoxy) is 1. The predicted molar refractivity (Wildman–Crippen MR) is 83.7 cm³/mol. The van der Waals surface area contributed by atoms with Crippen LogP contribution in [-0.2, 0) is 16.1 Å². The van der Waals surface area contributed by atoms with Gasteiger partial charge in [-0.25, -0.2) is 0 Å². The highest BCUT2D eigenvalue weighted by atomic mass is 16.5. The first kappa shape index (κ1) is 16.0. The van der Waals surface area contributed by atoms with Crippen molar-refractivity contribution in [2.75, 3.05) is 19.7 Å². The maximum Gasteiger partial charge on any atom is 0.224 e. The molecule has 0 aliphatic carbocycles. The second-order valence-electron chi connectivity index (χ2n) is 5.89. The molecular weight excluding hydrogens is 264 g/mol. The van der Waals surface area contributed by atoms with Crippen LogP contribution in [0.5, 0.6) is 0 Å². The number of carbonyl (C=O) groups excluding carboxylic acids is 1. The summed E-state index contributed by atoms with van der Waals surface area (Å²) in [5.74, 6) is 0.626. The van der Waals surface area contributed by atoms with Gasteiger partial charge >= 0.3 is 0 Å². The van der Waals surface area contributed by atoms with Crippen LogP contribution >= 0.6 is 0 Å². The number of amides is 1. The Labute approximate surface area is 127 Å². The Bertz CT molecular complexity index is 434. The fraction of sp³-hybridized carbons (Fsp3) is 0.588. The molecule has 0 aromatic heterocycles. The number of hydrogen-bond acceptors (Lipinski definition) is 3. The van der Waals surface area contributed by atoms with Gasteiger partial charge in [-0.2, -0.15) is 0 Å². The minimum atomic E-state index is 0.162. The Morgan fingerprint density at radius 3 is 2.90 bits per heavy atom. The van der Waals surface area contributed by atoms with Crippen molar-refractivity contribution in [3.05, 3.63) is 35.9 Å². The number of piperidine rings is 1. The molecule has 1 fully saturated rings. The molecule has 0 bridgehead atoms. The summed E-state index contributed by atoms with van der Waals surface area (Å²) in [6.07, 6.45) is 2.65. The van der Waals surface area contributed by atoms with Crippen molar-refractivity contribution in [3.63, 3.8) is 0 Å². The standard InChI is InChI=1S/C17H26N2O2/c1-14(18)16-8-5-10-19(12-16)17(20)9-11-21-13-15-6-3-2-4-7-15/h2-4,6-7,14,16H,5,8-13,18H2,1H3. The van der Waals surface area contributed by atoms with Crippen LogP contribution in [0, 0.1) is 5.92 Å². The zero-order valence-electron chi connectivity index (χ0n) is 12.8. The number of hydrogen-bond donors (Lipinski definition) is 1. The zero-order valence-corrected chi connectivity index (χ0v) is 12.8. The molecule has 1 amide bonds. The van der Waals surface area contributed by atoms with Crippen molar-refractivity contribution < 1.29 is 9.53 Å². The third-order valence-electron chi connectivity index (χ3n) is 4.13. The third kappa shape index (κ3) is 5.14. The molecule has 2 unspecified atom stereocenters. The molecule has 1 aliphatic heterocycles. The lowest BCUT2D eigenvalue weighted by atomic mass is 9.92. The smallest absolute Gasteiger partial charge is 0.224 e. The van der Waals surface area contributed by atoms with Crippen molar-refractivity contribution >= 4 is 5.91 Å². The van der Waals surface area contributed by atoms with E-state index in [0.29, 0.717) is 25.6 Å². The van der Waals surface area contributed by atoms with Crippen LogP contribution in [0.15, 0.2) is 30.3 Å². The normalized spacial score (nSPS) is 20.3. The summed E-state index contributed by atoms with van der Waals surface area (Å²) in [5, 5.41) is 0. The van der Waals surface area contributed by atoms with E-state index in [4.69, 9.17) is 10.5 Å². The van der Waals surface area contributed by atoms with Crippen molar-refractivity contribution in [2.45, 2.75) is 38.8 Å². The Kier molecular flexibility index (Phi) is 6.21. The topological polar surface area (TPSA) is 55.6 Å². The summed E-state index contributed by atoms with van der Waals surface area (Å²) >= 11 is 0. The van der Waals surface area contributed by atoms with Crippen LogP contribution in [0.25, 0.3) is 0 Å². The number of rotatable bonds is 6. The predicted octanol–water partition coefficient (Wildman–Crippen LogP) is 2.18. The van der Waals surface area contributed by atoms with E-state index in [9.17, 15) is 4.79 Å². The van der Waals surface area contributed by atoms with Crippen molar-refractivity contribution in [1.82, 2.24) is 4.90 Å². The molecule has 2 N–H and O–H groups in total. The van der Waals surface area contributed by atoms with E-state index < -0.39 is 0 Å². The van der Waals surface area contributed by atoms with Gasteiger partial charge in [-0.15, -0.1) is 0 Å². The summed E-state index contributed by atoms with van der Waals surface area (Å²) in [6.45, 7) is 4.74. The van der Waals surface area contributed by atoms with Gasteiger partial charge in [0.15, 0.2) is 0 Å². The first-order valence-corrected chi connectivity index (χ1v) is 7.82. The SMILES string of the molecule is CC(N)C1CCCN(C(=O)CCOCc2ccccc2)C1. The highest BCUT2D eigenvalue weighted by Gasteiger charge is 2.25. The second-order valence-corrected chi connectivity index (χ2v) is 5.89. The second kappa shape index (κ2) is 8.15. The minimum Gasteiger partial charge on any atom is -0.376 e. The molecule has 0 spiro atoms. The molecule has 21 heavy (non-hydrogen) atoms. The lowest BCUT2D eigenvalue weighted by molar-refractivity contribution is -0.134. The van der Waals surface area contributed by atoms with Gasteiger partial charge in [0.25, 0.3) is 0 Å². The summed E-state index contributed by atoms with van der Waals surface area (Å²) < 4.78 is 5.58. The zero-order chi connectivity index (χ0) is 15.1. The van der Waals surface area contributed by atoms with Gasteiger partial charge in [0, 0.05) is 19.1 Å². The Hall–Kier alpha value is -1.39. The van der Waals surface area contributed by atoms with Gasteiger partial charge in [0.2, 0.25) is 5.91 Å². The molecule has 2 atom stereocenters. The van der Waals surface area contributed by atoms with E-state index >= 15 is 0 Å². The van der Waals surface area contributed by atoms with Gasteiger partial charge in [0.1, 0.15) is 0 Å². The molecule has 4 heteroatoms. The van der Waals surface area contributed by atoms with Crippen LogP contribution in [-0.4, -0.2) is 36.5 Å². The van der Waals surface area contributed by atoms with Crippen LogP contribution in [0.2, 0.25) is 0 Å². The van der Waals surface area contributed by atoms with Gasteiger partial charge in [-0.1, -0.05) is 30.3 Å². The number of likely N-dealkylation sites (tertiary alicyclic amines) is 1. The molecule has 1 aromatic rings. The van der Waals surface area contributed by atoms with Crippen LogP contribution < -0.4 is 5.73 Å². The molecule has 116 valence electrons. The summed E-state index contributed by atoms with van der Waals surface area (Å²) in [6, 6.07) is 10.2. The highest BCUT2D eigenvalue weighted by Crippen LogP contribution is 2.19. The molecular formula is C17H26N2O2. The van der Waals surface area contributed by atoms with E-state index in [-0.39, 0.29) is 11.9 Å². The molecule has 1 aliphatic rings. The van der Waals surface area contributed by atoms with E-state index in [1.165, 1.54) is 0 Å². The van der Waals surface area contributed by atoms with Gasteiger partial charge in [-0.3, -0.25) is 4.79 Å². The highest BCUT2D eigenvalue weighted by molar-refractivity contribution is 5.76. The third-order valence-corrected chi connectivity index (χ3v) is 4.13. The lowest BCUT2D eigenvalue weighted by Gasteiger charge is -2.34. The summed E-state index contributed by atoms with van der Waals surface area (Å²) in [5.41, 5.74) is 7.09. The van der Waals surface area contributed by atoms with E-state index in [2.05, 4.69) is 0 Å². The van der Waals surface area contributed by atoms with E-state index in [1.807, 2.05) is 42.2 Å². The fourth-order valence-corrected chi connectivity index (χ4v) is 2.75. The van der Waals surface area contributed by atoms with E-state index in [0.717, 1.165) is 31.5 Å². The minimum absolute atomic E-state index is 0.162. The number of benzene rings is 1. The largest absolute Gasteiger partial charge is 0.376 e. The summed E-state index contributed by atoms with van der Waals surface area (Å²) in [4.78, 5) is 14.1. The van der Waals surface area contributed by atoms with Crippen LogP contribution in [0.3, 0.4) is 0 Å². The number of carbonyl (C=O) groups is 1. The number of nitrogens with zero attached hydrogens (tertiary/aromatic N) is 1. The first-order valence-electron chi connectivity index (χ1n) is 7.82. The van der Waals surface area contributed by atoms with Crippen molar-refractivity contribution in [3.8, 4) is 0 Å². The summed E-state index contributed by atoms with van der Waals surface area (Å²) in [7, 11) is 0. The van der Waals surface area contributed by atoms with Crippen molar-refractivity contribution in [1.29, 1.82) is 0 Å². The molecule has 0 saturated carbocycles. The van der Waals surface area contributed by atoms with Gasteiger partial charge < -0.3 is 15.4 Å². The molecule has 1 aromatic carbocycles. The molecule has 0 radical (unpaired) electrons. The molecule has 4 nitrogen and oxygen atoms in total. The van der Waals surface area contributed by atoms with Crippen LogP contribution in [0.4, 0.5) is 0 Å². The Balaban J connectivity index is 1.67. The Morgan fingerprint density at radius 1 is 1.43 bits per heavy atom. The van der Waals surface area contributed by atoms with Crippen LogP contribution in [0.1, 0.15) is 31.7 Å². The average Bonchev–Trinajstić information content (AvgIpc) is 2.52. The first-order chi connectivity index (χ1) is 10.2. The van der Waals surface area contributed by atoms with Crippen molar-refractivity contribution in [2.24, 2.45) is 11.7 Å². The maximum atomic E-state index is 12.2. The quantitative estimate of drug-likeness (QED) is 0.817. The van der Waals surface area contributed by atoms with E-state index in [1.54, 1.807) is 0 Å². The molecule has 1 heterocycles. The Morgan fingerprint density at radius 2 is 2.19 bits per heavy atom. The number of nitrogens with two attached hydrogens (primary N) is 1. The van der Waals surface area contributed by atoms with Gasteiger partial charge in [-0.05, 0) is 31.2 Å². The molecule has 1 saturated heterocycles. The average molecular weight is 290 g/mol.